The fourth-order valence-corrected chi connectivity index (χ4v) is 3.43. The Labute approximate surface area is 125 Å². The van der Waals surface area contributed by atoms with Crippen molar-refractivity contribution >= 4 is 23.4 Å². The fourth-order valence-electron chi connectivity index (χ4n) is 3.22. The van der Waals surface area contributed by atoms with Gasteiger partial charge < -0.3 is 10.2 Å². The minimum absolute atomic E-state index is 0.651. The molecule has 3 rings (SSSR count). The van der Waals surface area contributed by atoms with Crippen LogP contribution in [0, 0.1) is 0 Å². The van der Waals surface area contributed by atoms with Crippen molar-refractivity contribution < 1.29 is 0 Å². The molecule has 1 aromatic rings. The van der Waals surface area contributed by atoms with Crippen molar-refractivity contribution in [2.75, 3.05) is 42.9 Å². The molecule has 110 valence electrons. The third kappa shape index (κ3) is 2.83. The van der Waals surface area contributed by atoms with E-state index in [4.69, 9.17) is 11.6 Å². The number of hydrogen-bond donors (Lipinski definition) is 1. The Morgan fingerprint density at radius 3 is 3.05 bits per heavy atom. The zero-order chi connectivity index (χ0) is 13.9. The molecular weight excluding hydrogens is 274 g/mol. The van der Waals surface area contributed by atoms with Crippen molar-refractivity contribution in [3.05, 3.63) is 11.2 Å². The van der Waals surface area contributed by atoms with E-state index in [2.05, 4.69) is 25.1 Å². The van der Waals surface area contributed by atoms with Crippen molar-refractivity contribution in [3.63, 3.8) is 0 Å². The Kier molecular flexibility index (Phi) is 4.27. The van der Waals surface area contributed by atoms with Gasteiger partial charge in [0.05, 0.1) is 6.20 Å². The zero-order valence-corrected chi connectivity index (χ0v) is 12.7. The number of nitrogens with zero attached hydrogens (tertiary/aromatic N) is 4. The van der Waals surface area contributed by atoms with Crippen LogP contribution in [0.2, 0.25) is 5.02 Å². The first-order chi connectivity index (χ1) is 9.78. The van der Waals surface area contributed by atoms with E-state index in [0.29, 0.717) is 17.0 Å². The van der Waals surface area contributed by atoms with Crippen LogP contribution in [0.25, 0.3) is 0 Å². The average molecular weight is 296 g/mol. The van der Waals surface area contributed by atoms with E-state index < -0.39 is 0 Å². The Morgan fingerprint density at radius 2 is 2.20 bits per heavy atom. The summed E-state index contributed by atoms with van der Waals surface area (Å²) in [6, 6.07) is 0.658. The van der Waals surface area contributed by atoms with Gasteiger partial charge in [0.25, 0.3) is 0 Å². The molecule has 0 aromatic carbocycles. The quantitative estimate of drug-likeness (QED) is 0.926. The molecule has 2 aliphatic rings. The number of hydrogen-bond acceptors (Lipinski definition) is 5. The molecule has 5 nitrogen and oxygen atoms in total. The SMILES string of the molecule is CCNc1ncc(Cl)c(N2CCCN3CCCC3C2)n1. The molecular formula is C14H22ClN5. The molecule has 2 saturated heterocycles. The van der Waals surface area contributed by atoms with Crippen molar-refractivity contribution in [2.24, 2.45) is 0 Å². The summed E-state index contributed by atoms with van der Waals surface area (Å²) in [4.78, 5) is 13.8. The molecule has 6 heteroatoms. The van der Waals surface area contributed by atoms with Gasteiger partial charge in [-0.05, 0) is 32.7 Å². The highest BCUT2D eigenvalue weighted by atomic mass is 35.5. The predicted molar refractivity (Wildman–Crippen MR) is 82.6 cm³/mol. The molecule has 20 heavy (non-hydrogen) atoms. The van der Waals surface area contributed by atoms with Gasteiger partial charge in [-0.2, -0.15) is 4.98 Å². The number of fused-ring (bicyclic) bond motifs is 1. The molecule has 2 aliphatic heterocycles. The second kappa shape index (κ2) is 6.14. The van der Waals surface area contributed by atoms with Crippen LogP contribution in [-0.2, 0) is 0 Å². The smallest absolute Gasteiger partial charge is 0.224 e. The first-order valence-electron chi connectivity index (χ1n) is 7.53. The molecule has 0 saturated carbocycles. The zero-order valence-electron chi connectivity index (χ0n) is 12.0. The molecule has 1 N–H and O–H groups in total. The molecule has 2 fully saturated rings. The van der Waals surface area contributed by atoms with Crippen molar-refractivity contribution in [1.29, 1.82) is 0 Å². The lowest BCUT2D eigenvalue weighted by molar-refractivity contribution is 0.273. The minimum atomic E-state index is 0.651. The van der Waals surface area contributed by atoms with Crippen molar-refractivity contribution in [3.8, 4) is 0 Å². The lowest BCUT2D eigenvalue weighted by Crippen LogP contribution is -2.37. The van der Waals surface area contributed by atoms with Crippen LogP contribution >= 0.6 is 11.6 Å². The van der Waals surface area contributed by atoms with Gasteiger partial charge in [-0.15, -0.1) is 0 Å². The monoisotopic (exact) mass is 295 g/mol. The van der Waals surface area contributed by atoms with Gasteiger partial charge >= 0.3 is 0 Å². The molecule has 1 atom stereocenters. The Bertz CT molecular complexity index is 467. The molecule has 0 bridgehead atoms. The van der Waals surface area contributed by atoms with Crippen molar-refractivity contribution in [1.82, 2.24) is 14.9 Å². The number of aromatic nitrogens is 2. The number of halogens is 1. The van der Waals surface area contributed by atoms with Crippen LogP contribution in [0.1, 0.15) is 26.2 Å². The molecule has 3 heterocycles. The summed E-state index contributed by atoms with van der Waals surface area (Å²) in [6.07, 6.45) is 5.49. The normalized spacial score (nSPS) is 23.5. The summed E-state index contributed by atoms with van der Waals surface area (Å²) in [5.41, 5.74) is 0. The number of rotatable bonds is 3. The standard InChI is InChI=1S/C14H22ClN5/c1-2-16-14-17-9-12(15)13(18-14)20-8-4-7-19-6-3-5-11(19)10-20/h9,11H,2-8,10H2,1H3,(H,16,17,18). The maximum atomic E-state index is 6.32. The molecule has 1 aromatic heterocycles. The molecule has 1 unspecified atom stereocenters. The van der Waals surface area contributed by atoms with Gasteiger partial charge in [0.1, 0.15) is 5.02 Å². The molecule has 0 aliphatic carbocycles. The lowest BCUT2D eigenvalue weighted by atomic mass is 10.2. The van der Waals surface area contributed by atoms with E-state index in [9.17, 15) is 0 Å². The topological polar surface area (TPSA) is 44.3 Å². The van der Waals surface area contributed by atoms with Gasteiger partial charge in [-0.1, -0.05) is 11.6 Å². The molecule has 0 spiro atoms. The maximum absolute atomic E-state index is 6.32. The Hall–Kier alpha value is -1.07. The third-order valence-electron chi connectivity index (χ3n) is 4.16. The van der Waals surface area contributed by atoms with Crippen molar-refractivity contribution in [2.45, 2.75) is 32.2 Å². The lowest BCUT2D eigenvalue weighted by Gasteiger charge is -2.27. The second-order valence-electron chi connectivity index (χ2n) is 5.53. The summed E-state index contributed by atoms with van der Waals surface area (Å²) in [5.74, 6) is 1.55. The minimum Gasteiger partial charge on any atom is -0.354 e. The largest absolute Gasteiger partial charge is 0.354 e. The van der Waals surface area contributed by atoms with Crippen LogP contribution in [0.15, 0.2) is 6.20 Å². The van der Waals surface area contributed by atoms with E-state index >= 15 is 0 Å². The summed E-state index contributed by atoms with van der Waals surface area (Å²) in [5, 5.41) is 3.81. The number of nitrogens with one attached hydrogen (secondary N) is 1. The van der Waals surface area contributed by atoms with Gasteiger partial charge in [-0.3, -0.25) is 4.90 Å². The Morgan fingerprint density at radius 1 is 1.35 bits per heavy atom. The number of anilines is 2. The third-order valence-corrected chi connectivity index (χ3v) is 4.43. The highest BCUT2D eigenvalue weighted by Gasteiger charge is 2.29. The summed E-state index contributed by atoms with van der Waals surface area (Å²) in [7, 11) is 0. The van der Waals surface area contributed by atoms with E-state index in [0.717, 1.165) is 25.5 Å². The predicted octanol–water partition coefficient (Wildman–Crippen LogP) is 2.24. The van der Waals surface area contributed by atoms with Gasteiger partial charge in [0, 0.05) is 32.2 Å². The first kappa shape index (κ1) is 13.9. The van der Waals surface area contributed by atoms with Gasteiger partial charge in [0.15, 0.2) is 5.82 Å². The van der Waals surface area contributed by atoms with Crippen LogP contribution in [0.5, 0.6) is 0 Å². The van der Waals surface area contributed by atoms with E-state index in [1.165, 1.54) is 32.4 Å². The summed E-state index contributed by atoms with van der Waals surface area (Å²) >= 11 is 6.32. The molecule has 0 amide bonds. The fraction of sp³-hybridized carbons (Fsp3) is 0.714. The highest BCUT2D eigenvalue weighted by molar-refractivity contribution is 6.32. The van der Waals surface area contributed by atoms with E-state index in [1.54, 1.807) is 6.20 Å². The van der Waals surface area contributed by atoms with Crippen LogP contribution in [0.4, 0.5) is 11.8 Å². The second-order valence-corrected chi connectivity index (χ2v) is 5.93. The van der Waals surface area contributed by atoms with Gasteiger partial charge in [0.2, 0.25) is 5.95 Å². The Balaban J connectivity index is 1.81. The van der Waals surface area contributed by atoms with Crippen LogP contribution in [-0.4, -0.2) is 53.6 Å². The summed E-state index contributed by atoms with van der Waals surface area (Å²) in [6.45, 7) is 7.36. The summed E-state index contributed by atoms with van der Waals surface area (Å²) < 4.78 is 0. The van der Waals surface area contributed by atoms with E-state index in [1.807, 2.05) is 6.92 Å². The highest BCUT2D eigenvalue weighted by Crippen LogP contribution is 2.28. The molecule has 0 radical (unpaired) electrons. The average Bonchev–Trinajstić information content (AvgIpc) is 2.79. The van der Waals surface area contributed by atoms with E-state index in [-0.39, 0.29) is 0 Å². The van der Waals surface area contributed by atoms with Gasteiger partial charge in [-0.25, -0.2) is 4.98 Å². The maximum Gasteiger partial charge on any atom is 0.224 e. The van der Waals surface area contributed by atoms with Crippen LogP contribution < -0.4 is 10.2 Å². The first-order valence-corrected chi connectivity index (χ1v) is 7.91. The van der Waals surface area contributed by atoms with Crippen LogP contribution in [0.3, 0.4) is 0 Å².